The fourth-order valence-corrected chi connectivity index (χ4v) is 1.58. The zero-order chi connectivity index (χ0) is 14.5. The summed E-state index contributed by atoms with van der Waals surface area (Å²) in [5.41, 5.74) is 1.71. The minimum atomic E-state index is -0.616. The normalized spacial score (nSPS) is 12.9. The van der Waals surface area contributed by atoms with Crippen molar-refractivity contribution in [3.63, 3.8) is 0 Å². The molecule has 4 nitrogen and oxygen atoms in total. The van der Waals surface area contributed by atoms with E-state index in [-0.39, 0.29) is 6.54 Å². The molecule has 1 aromatic carbocycles. The van der Waals surface area contributed by atoms with Crippen LogP contribution in [0.2, 0.25) is 0 Å². The average molecular weight is 265 g/mol. The Morgan fingerprint density at radius 2 is 1.89 bits per heavy atom. The number of nitrogens with one attached hydrogen (secondary N) is 1. The molecule has 0 heterocycles. The Labute approximate surface area is 114 Å². The van der Waals surface area contributed by atoms with Gasteiger partial charge in [-0.2, -0.15) is 0 Å². The van der Waals surface area contributed by atoms with E-state index in [0.717, 1.165) is 5.56 Å². The first-order valence-corrected chi connectivity index (χ1v) is 6.47. The first-order valence-electron chi connectivity index (χ1n) is 6.47. The Balaban J connectivity index is 2.33. The quantitative estimate of drug-likeness (QED) is 0.879. The second-order valence-corrected chi connectivity index (χ2v) is 5.73. The molecule has 0 fully saturated rings. The van der Waals surface area contributed by atoms with Crippen LogP contribution in [0.1, 0.15) is 31.9 Å². The van der Waals surface area contributed by atoms with E-state index >= 15 is 0 Å². The highest BCUT2D eigenvalue weighted by molar-refractivity contribution is 5.67. The highest BCUT2D eigenvalue weighted by Crippen LogP contribution is 2.07. The van der Waals surface area contributed by atoms with Crippen LogP contribution in [0.4, 0.5) is 4.79 Å². The van der Waals surface area contributed by atoms with E-state index in [0.29, 0.717) is 6.42 Å². The summed E-state index contributed by atoms with van der Waals surface area (Å²) in [7, 11) is 0. The van der Waals surface area contributed by atoms with Gasteiger partial charge in [0, 0.05) is 13.0 Å². The van der Waals surface area contributed by atoms with Crippen molar-refractivity contribution in [2.24, 2.45) is 0 Å². The minimum Gasteiger partial charge on any atom is -0.444 e. The molecule has 0 bridgehead atoms. The van der Waals surface area contributed by atoms with Crippen LogP contribution in [0.25, 0.3) is 0 Å². The van der Waals surface area contributed by atoms with Gasteiger partial charge in [-0.25, -0.2) is 4.79 Å². The van der Waals surface area contributed by atoms with Crippen molar-refractivity contribution >= 4 is 6.09 Å². The van der Waals surface area contributed by atoms with Crippen molar-refractivity contribution in [3.05, 3.63) is 35.4 Å². The fraction of sp³-hybridized carbons (Fsp3) is 0.533. The molecule has 1 unspecified atom stereocenters. The van der Waals surface area contributed by atoms with Crippen molar-refractivity contribution in [2.45, 2.75) is 45.8 Å². The van der Waals surface area contributed by atoms with E-state index in [1.807, 2.05) is 31.2 Å². The lowest BCUT2D eigenvalue weighted by atomic mass is 10.1. The number of amides is 1. The number of aryl methyl sites for hydroxylation is 1. The van der Waals surface area contributed by atoms with E-state index in [1.54, 1.807) is 20.8 Å². The van der Waals surface area contributed by atoms with Crippen molar-refractivity contribution in [3.8, 4) is 0 Å². The first kappa shape index (κ1) is 15.5. The molecule has 19 heavy (non-hydrogen) atoms. The molecule has 0 aliphatic carbocycles. The molecule has 0 aliphatic rings. The number of aliphatic hydroxyl groups excluding tert-OH is 1. The number of carbonyl (C=O) groups excluding carboxylic acids is 1. The third kappa shape index (κ3) is 6.82. The summed E-state index contributed by atoms with van der Waals surface area (Å²) in [6.45, 7) is 7.60. The van der Waals surface area contributed by atoms with Crippen LogP contribution < -0.4 is 5.32 Å². The highest BCUT2D eigenvalue weighted by Gasteiger charge is 2.16. The molecule has 106 valence electrons. The molecule has 1 aromatic rings. The summed E-state index contributed by atoms with van der Waals surface area (Å²) in [6, 6.07) is 7.96. The molecule has 0 spiro atoms. The van der Waals surface area contributed by atoms with Crippen LogP contribution in [0.5, 0.6) is 0 Å². The number of hydrogen-bond donors (Lipinski definition) is 2. The summed E-state index contributed by atoms with van der Waals surface area (Å²) >= 11 is 0. The lowest BCUT2D eigenvalue weighted by Crippen LogP contribution is -2.37. The lowest BCUT2D eigenvalue weighted by molar-refractivity contribution is 0.0492. The standard InChI is InChI=1S/C15H23NO3/c1-11-5-7-12(8-6-11)9-13(17)10-16-14(18)19-15(2,3)4/h5-8,13,17H,9-10H2,1-4H3,(H,16,18). The Morgan fingerprint density at radius 3 is 2.42 bits per heavy atom. The summed E-state index contributed by atoms with van der Waals surface area (Å²) in [6.07, 6.45) is -0.610. The number of ether oxygens (including phenoxy) is 1. The van der Waals surface area contributed by atoms with E-state index in [4.69, 9.17) is 4.74 Å². The first-order chi connectivity index (χ1) is 8.76. The number of aliphatic hydroxyl groups is 1. The third-order valence-electron chi connectivity index (χ3n) is 2.47. The van der Waals surface area contributed by atoms with Gasteiger partial charge >= 0.3 is 6.09 Å². The summed E-state index contributed by atoms with van der Waals surface area (Å²) < 4.78 is 5.09. The van der Waals surface area contributed by atoms with Crippen LogP contribution in [-0.2, 0) is 11.2 Å². The van der Waals surface area contributed by atoms with Gasteiger partial charge in [0.25, 0.3) is 0 Å². The van der Waals surface area contributed by atoms with E-state index in [9.17, 15) is 9.90 Å². The van der Waals surface area contributed by atoms with Gasteiger partial charge in [0.15, 0.2) is 0 Å². The molecule has 1 atom stereocenters. The van der Waals surface area contributed by atoms with Crippen LogP contribution >= 0.6 is 0 Å². The summed E-state index contributed by atoms with van der Waals surface area (Å²) in [4.78, 5) is 11.4. The Bertz CT molecular complexity index is 406. The second-order valence-electron chi connectivity index (χ2n) is 5.73. The zero-order valence-corrected chi connectivity index (χ0v) is 12.1. The van der Waals surface area contributed by atoms with Crippen LogP contribution in [0, 0.1) is 6.92 Å². The molecule has 1 rings (SSSR count). The number of hydrogen-bond acceptors (Lipinski definition) is 3. The maximum atomic E-state index is 11.4. The molecule has 1 amide bonds. The average Bonchev–Trinajstić information content (AvgIpc) is 2.27. The topological polar surface area (TPSA) is 58.6 Å². The smallest absolute Gasteiger partial charge is 0.407 e. The predicted octanol–water partition coefficient (Wildman–Crippen LogP) is 2.42. The second kappa shape index (κ2) is 6.57. The molecule has 0 aliphatic heterocycles. The van der Waals surface area contributed by atoms with Gasteiger partial charge in [-0.15, -0.1) is 0 Å². The number of alkyl carbamates (subject to hydrolysis) is 1. The van der Waals surface area contributed by atoms with Crippen LogP contribution in [0.3, 0.4) is 0 Å². The summed E-state index contributed by atoms with van der Waals surface area (Å²) in [5, 5.41) is 12.4. The van der Waals surface area contributed by atoms with Crippen molar-refractivity contribution in [2.75, 3.05) is 6.54 Å². The molecular formula is C15H23NO3. The number of rotatable bonds is 4. The van der Waals surface area contributed by atoms with E-state index < -0.39 is 17.8 Å². The monoisotopic (exact) mass is 265 g/mol. The lowest BCUT2D eigenvalue weighted by Gasteiger charge is -2.20. The van der Waals surface area contributed by atoms with E-state index in [1.165, 1.54) is 5.56 Å². The molecule has 0 aromatic heterocycles. The fourth-order valence-electron chi connectivity index (χ4n) is 1.58. The van der Waals surface area contributed by atoms with Crippen molar-refractivity contribution in [1.29, 1.82) is 0 Å². The molecule has 0 saturated carbocycles. The van der Waals surface area contributed by atoms with Gasteiger partial charge in [0.05, 0.1) is 6.10 Å². The summed E-state index contributed by atoms with van der Waals surface area (Å²) in [5.74, 6) is 0. The molecular weight excluding hydrogens is 242 g/mol. The van der Waals surface area contributed by atoms with E-state index in [2.05, 4.69) is 5.32 Å². The maximum Gasteiger partial charge on any atom is 0.407 e. The number of benzene rings is 1. The SMILES string of the molecule is Cc1ccc(CC(O)CNC(=O)OC(C)(C)C)cc1. The Kier molecular flexibility index (Phi) is 5.36. The molecule has 4 heteroatoms. The van der Waals surface area contributed by atoms with Gasteiger partial charge in [-0.1, -0.05) is 29.8 Å². The Morgan fingerprint density at radius 1 is 1.32 bits per heavy atom. The molecule has 2 N–H and O–H groups in total. The van der Waals surface area contributed by atoms with Crippen molar-refractivity contribution in [1.82, 2.24) is 5.32 Å². The molecule has 0 saturated heterocycles. The highest BCUT2D eigenvalue weighted by atomic mass is 16.6. The third-order valence-corrected chi connectivity index (χ3v) is 2.47. The van der Waals surface area contributed by atoms with Crippen molar-refractivity contribution < 1.29 is 14.6 Å². The Hall–Kier alpha value is -1.55. The van der Waals surface area contributed by atoms with Gasteiger partial charge in [-0.05, 0) is 33.3 Å². The van der Waals surface area contributed by atoms with Gasteiger partial charge < -0.3 is 15.2 Å². The predicted molar refractivity (Wildman–Crippen MR) is 75.1 cm³/mol. The minimum absolute atomic E-state index is 0.183. The van der Waals surface area contributed by atoms with Crippen LogP contribution in [-0.4, -0.2) is 29.4 Å². The van der Waals surface area contributed by atoms with Gasteiger partial charge in [0.2, 0.25) is 0 Å². The number of carbonyl (C=O) groups is 1. The van der Waals surface area contributed by atoms with Gasteiger partial charge in [-0.3, -0.25) is 0 Å². The van der Waals surface area contributed by atoms with Gasteiger partial charge in [0.1, 0.15) is 5.60 Å². The zero-order valence-electron chi connectivity index (χ0n) is 12.1. The largest absolute Gasteiger partial charge is 0.444 e. The molecule has 0 radical (unpaired) electrons. The maximum absolute atomic E-state index is 11.4. The van der Waals surface area contributed by atoms with Crippen LogP contribution in [0.15, 0.2) is 24.3 Å².